The summed E-state index contributed by atoms with van der Waals surface area (Å²) >= 11 is 1.77. The quantitative estimate of drug-likeness (QED) is 0.651. The first-order valence-corrected chi connectivity index (χ1v) is 11.5. The lowest BCUT2D eigenvalue weighted by atomic mass is 9.89. The summed E-state index contributed by atoms with van der Waals surface area (Å²) in [6.45, 7) is 4.17. The molecular formula is C23H29FN2OS. The number of thioether (sulfide) groups is 1. The first-order valence-electron chi connectivity index (χ1n) is 10.5. The molecule has 3 nitrogen and oxygen atoms in total. The Morgan fingerprint density at radius 1 is 1.25 bits per heavy atom. The van der Waals surface area contributed by atoms with Gasteiger partial charge in [-0.2, -0.15) is 0 Å². The predicted molar refractivity (Wildman–Crippen MR) is 114 cm³/mol. The topological polar surface area (TPSA) is 42.0 Å². The van der Waals surface area contributed by atoms with Crippen LogP contribution in [0.5, 0.6) is 0 Å². The second-order valence-corrected chi connectivity index (χ2v) is 10.1. The fourth-order valence-electron chi connectivity index (χ4n) is 5.50. The number of halogens is 1. The zero-order valence-corrected chi connectivity index (χ0v) is 17.5. The van der Waals surface area contributed by atoms with Crippen molar-refractivity contribution in [1.29, 1.82) is 0 Å². The molecule has 1 N–H and O–H groups in total. The molecule has 0 aliphatic heterocycles. The van der Waals surface area contributed by atoms with E-state index in [1.807, 2.05) is 6.20 Å². The van der Waals surface area contributed by atoms with Crippen LogP contribution in [0.1, 0.15) is 57.4 Å². The zero-order chi connectivity index (χ0) is 19.7. The molecular weight excluding hydrogens is 371 g/mol. The van der Waals surface area contributed by atoms with Crippen molar-refractivity contribution in [2.24, 2.45) is 17.8 Å². The van der Waals surface area contributed by atoms with Crippen LogP contribution >= 0.6 is 11.8 Å². The summed E-state index contributed by atoms with van der Waals surface area (Å²) in [5, 5.41) is 4.28. The third-order valence-corrected chi connectivity index (χ3v) is 7.50. The maximum Gasteiger partial charge on any atom is 0.221 e. The van der Waals surface area contributed by atoms with E-state index in [-0.39, 0.29) is 17.1 Å². The Morgan fingerprint density at radius 3 is 2.71 bits per heavy atom. The molecule has 2 fully saturated rings. The number of rotatable bonds is 6. The van der Waals surface area contributed by atoms with Gasteiger partial charge in [0.2, 0.25) is 5.91 Å². The monoisotopic (exact) mass is 400 g/mol. The third kappa shape index (κ3) is 4.19. The van der Waals surface area contributed by atoms with E-state index in [0.717, 1.165) is 42.3 Å². The Balaban J connectivity index is 1.37. The molecule has 28 heavy (non-hydrogen) atoms. The van der Waals surface area contributed by atoms with Gasteiger partial charge in [0, 0.05) is 18.0 Å². The molecule has 0 bridgehead atoms. The maximum absolute atomic E-state index is 13.8. The van der Waals surface area contributed by atoms with Crippen molar-refractivity contribution in [3.8, 4) is 0 Å². The van der Waals surface area contributed by atoms with Crippen LogP contribution in [-0.4, -0.2) is 22.0 Å². The minimum atomic E-state index is -0.193. The van der Waals surface area contributed by atoms with Gasteiger partial charge in [0.1, 0.15) is 5.82 Å². The molecule has 2 saturated carbocycles. The number of hydrogen-bond donors (Lipinski definition) is 1. The van der Waals surface area contributed by atoms with E-state index in [1.165, 1.54) is 11.6 Å². The molecule has 1 heterocycles. The summed E-state index contributed by atoms with van der Waals surface area (Å²) in [6, 6.07) is 6.97. The smallest absolute Gasteiger partial charge is 0.221 e. The van der Waals surface area contributed by atoms with Gasteiger partial charge in [-0.05, 0) is 91.9 Å². The van der Waals surface area contributed by atoms with Gasteiger partial charge in [-0.3, -0.25) is 9.78 Å². The summed E-state index contributed by atoms with van der Waals surface area (Å²) in [7, 11) is 0. The lowest BCUT2D eigenvalue weighted by Crippen LogP contribution is -2.31. The summed E-state index contributed by atoms with van der Waals surface area (Å²) in [6.07, 6.45) is 7.13. The molecule has 150 valence electrons. The van der Waals surface area contributed by atoms with E-state index in [0.29, 0.717) is 30.1 Å². The van der Waals surface area contributed by atoms with Crippen LogP contribution in [0.3, 0.4) is 0 Å². The molecule has 2 aliphatic rings. The van der Waals surface area contributed by atoms with E-state index in [9.17, 15) is 9.18 Å². The number of fused-ring (bicyclic) bond motifs is 2. The van der Waals surface area contributed by atoms with Crippen LogP contribution in [0.15, 0.2) is 30.5 Å². The molecule has 4 rings (SSSR count). The molecule has 2 aromatic rings. The minimum absolute atomic E-state index is 0.193. The van der Waals surface area contributed by atoms with Gasteiger partial charge < -0.3 is 5.32 Å². The lowest BCUT2D eigenvalue weighted by molar-refractivity contribution is -0.122. The second kappa shape index (κ2) is 8.40. The van der Waals surface area contributed by atoms with Crippen LogP contribution < -0.4 is 5.32 Å². The molecule has 1 aromatic heterocycles. The Kier molecular flexibility index (Phi) is 5.91. The largest absolute Gasteiger partial charge is 0.345 e. The van der Waals surface area contributed by atoms with Crippen LogP contribution in [0.25, 0.3) is 10.9 Å². The number of carbonyl (C=O) groups excluding carboxylic acids is 1. The normalized spacial score (nSPS) is 27.7. The van der Waals surface area contributed by atoms with Crippen molar-refractivity contribution in [2.75, 3.05) is 5.75 Å². The summed E-state index contributed by atoms with van der Waals surface area (Å²) < 4.78 is 13.8. The number of hydrogen-bond acceptors (Lipinski definition) is 3. The molecule has 0 radical (unpaired) electrons. The Hall–Kier alpha value is -1.62. The Morgan fingerprint density at radius 2 is 2.00 bits per heavy atom. The number of carbonyl (C=O) groups is 1. The van der Waals surface area contributed by atoms with Gasteiger partial charge in [0.05, 0.1) is 10.9 Å². The zero-order valence-electron chi connectivity index (χ0n) is 16.7. The van der Waals surface area contributed by atoms with Crippen molar-refractivity contribution in [1.82, 2.24) is 10.3 Å². The van der Waals surface area contributed by atoms with Crippen LogP contribution in [0.2, 0.25) is 0 Å². The number of amides is 1. The van der Waals surface area contributed by atoms with Crippen molar-refractivity contribution in [3.63, 3.8) is 0 Å². The van der Waals surface area contributed by atoms with Crippen molar-refractivity contribution in [3.05, 3.63) is 41.8 Å². The molecule has 1 amide bonds. The van der Waals surface area contributed by atoms with Crippen LogP contribution in [0, 0.1) is 23.6 Å². The standard InChI is InChI=1S/C23H29FN2OS/c1-3-28-14(2)26-23(27)10-15-8-16-11-18(12-17(16)9-15)20-6-7-25-22-5-4-19(24)13-21(20)22/h4-7,13-18H,3,8-12H2,1-2H3,(H,26,27)/t14?,15?,16-,17+,18?. The first-order chi connectivity index (χ1) is 13.5. The molecule has 3 unspecified atom stereocenters. The highest BCUT2D eigenvalue weighted by Gasteiger charge is 2.42. The molecule has 1 aromatic carbocycles. The summed E-state index contributed by atoms with van der Waals surface area (Å²) in [4.78, 5) is 16.7. The molecule has 0 saturated heterocycles. The van der Waals surface area contributed by atoms with Crippen molar-refractivity contribution < 1.29 is 9.18 Å². The second-order valence-electron chi connectivity index (χ2n) is 8.46. The van der Waals surface area contributed by atoms with E-state index < -0.39 is 0 Å². The highest BCUT2D eigenvalue weighted by molar-refractivity contribution is 7.99. The number of pyridine rings is 1. The molecule has 5 heteroatoms. The first kappa shape index (κ1) is 19.7. The lowest BCUT2D eigenvalue weighted by Gasteiger charge is -2.18. The van der Waals surface area contributed by atoms with Gasteiger partial charge in [0.25, 0.3) is 0 Å². The molecule has 5 atom stereocenters. The number of nitrogens with one attached hydrogen (secondary N) is 1. The van der Waals surface area contributed by atoms with Gasteiger partial charge in [0.15, 0.2) is 0 Å². The summed E-state index contributed by atoms with van der Waals surface area (Å²) in [5.74, 6) is 3.42. The van der Waals surface area contributed by atoms with Crippen LogP contribution in [0.4, 0.5) is 4.39 Å². The maximum atomic E-state index is 13.8. The minimum Gasteiger partial charge on any atom is -0.345 e. The van der Waals surface area contributed by atoms with Crippen molar-refractivity contribution in [2.45, 2.75) is 57.2 Å². The van der Waals surface area contributed by atoms with E-state index in [1.54, 1.807) is 23.9 Å². The Bertz CT molecular complexity index is 844. The van der Waals surface area contributed by atoms with Crippen molar-refractivity contribution >= 4 is 28.6 Å². The van der Waals surface area contributed by atoms with E-state index in [4.69, 9.17) is 0 Å². The highest BCUT2D eigenvalue weighted by atomic mass is 32.2. The number of benzene rings is 1. The van der Waals surface area contributed by atoms with Gasteiger partial charge in [-0.25, -0.2) is 4.39 Å². The average Bonchev–Trinajstić information content (AvgIpc) is 3.19. The van der Waals surface area contributed by atoms with Gasteiger partial charge >= 0.3 is 0 Å². The fraction of sp³-hybridized carbons (Fsp3) is 0.565. The van der Waals surface area contributed by atoms with E-state index in [2.05, 4.69) is 30.2 Å². The third-order valence-electron chi connectivity index (χ3n) is 6.55. The van der Waals surface area contributed by atoms with Gasteiger partial charge in [-0.15, -0.1) is 11.8 Å². The summed E-state index contributed by atoms with van der Waals surface area (Å²) in [5.41, 5.74) is 2.13. The van der Waals surface area contributed by atoms with Crippen LogP contribution in [-0.2, 0) is 4.79 Å². The molecule has 2 aliphatic carbocycles. The van der Waals surface area contributed by atoms with E-state index >= 15 is 0 Å². The predicted octanol–water partition coefficient (Wildman–Crippen LogP) is 5.50. The SMILES string of the molecule is CCSC(C)NC(=O)CC1C[C@@H]2CC(c3ccnc4ccc(F)cc34)C[C@@H]2C1. The Labute approximate surface area is 170 Å². The fourth-order valence-corrected chi connectivity index (χ4v) is 6.21. The highest BCUT2D eigenvalue weighted by Crippen LogP contribution is 2.53. The van der Waals surface area contributed by atoms with Gasteiger partial charge in [-0.1, -0.05) is 6.92 Å². The molecule has 0 spiro atoms. The number of nitrogens with zero attached hydrogens (tertiary/aromatic N) is 1. The average molecular weight is 401 g/mol. The number of aromatic nitrogens is 1.